The number of amides is 2. The van der Waals surface area contributed by atoms with Crippen molar-refractivity contribution in [2.24, 2.45) is 5.92 Å². The van der Waals surface area contributed by atoms with Crippen molar-refractivity contribution in [3.8, 4) is 22.5 Å². The maximum atomic E-state index is 12.8. The molecule has 0 spiro atoms. The van der Waals surface area contributed by atoms with E-state index in [9.17, 15) is 9.59 Å². The lowest BCUT2D eigenvalue weighted by atomic mass is 10.1. The van der Waals surface area contributed by atoms with E-state index in [-0.39, 0.29) is 11.8 Å². The number of imidazole rings is 1. The summed E-state index contributed by atoms with van der Waals surface area (Å²) in [7, 11) is 0. The minimum atomic E-state index is -0.0273. The van der Waals surface area contributed by atoms with Gasteiger partial charge >= 0.3 is 0 Å². The second kappa shape index (κ2) is 10.5. The average Bonchev–Trinajstić information content (AvgIpc) is 3.41. The van der Waals surface area contributed by atoms with Crippen LogP contribution >= 0.6 is 0 Å². The zero-order valence-electron chi connectivity index (χ0n) is 22.5. The first kappa shape index (κ1) is 25.1. The number of carbonyl (C=O) groups is 2. The molecule has 2 aromatic carbocycles. The largest absolute Gasteiger partial charge is 0.367 e. The summed E-state index contributed by atoms with van der Waals surface area (Å²) >= 11 is 0. The molecule has 2 amide bonds. The van der Waals surface area contributed by atoms with Gasteiger partial charge in [-0.25, -0.2) is 9.97 Å². The molecule has 4 aromatic rings. The molecule has 2 fully saturated rings. The third-order valence-corrected chi connectivity index (χ3v) is 7.35. The van der Waals surface area contributed by atoms with Gasteiger partial charge in [-0.05, 0) is 55.9 Å². The predicted octanol–water partition coefficient (Wildman–Crippen LogP) is 5.26. The van der Waals surface area contributed by atoms with E-state index in [1.54, 1.807) is 0 Å². The minimum Gasteiger partial charge on any atom is -0.367 e. The Balaban J connectivity index is 1.34. The average molecular weight is 523 g/mol. The molecule has 2 aromatic heterocycles. The van der Waals surface area contributed by atoms with Crippen molar-refractivity contribution in [2.75, 3.05) is 25.0 Å². The number of nitrogens with one attached hydrogen (secondary N) is 2. The first-order valence-corrected chi connectivity index (χ1v) is 13.9. The van der Waals surface area contributed by atoms with Crippen LogP contribution in [0.2, 0.25) is 0 Å². The van der Waals surface area contributed by atoms with E-state index >= 15 is 0 Å². The standard InChI is InChI=1S/C31H34N6O2/c1-20(2)17-32-28-29-33-18-27(22-7-9-23(10-8-22)30(38)34-25-13-14-25)37(29)19-26(35-28)21-5-11-24(12-6-21)31(39)36-15-3-4-16-36/h5-12,18-20,25H,3-4,13-17H2,1-2H3,(H,32,35)(H,34,38). The summed E-state index contributed by atoms with van der Waals surface area (Å²) in [6.45, 7) is 6.74. The molecule has 8 heteroatoms. The van der Waals surface area contributed by atoms with Gasteiger partial charge in [0.2, 0.25) is 0 Å². The van der Waals surface area contributed by atoms with Crippen molar-refractivity contribution < 1.29 is 9.59 Å². The van der Waals surface area contributed by atoms with E-state index in [4.69, 9.17) is 9.97 Å². The molecule has 1 aliphatic carbocycles. The summed E-state index contributed by atoms with van der Waals surface area (Å²) in [6.07, 6.45) is 8.11. The molecule has 0 bridgehead atoms. The third kappa shape index (κ3) is 5.37. The van der Waals surface area contributed by atoms with Gasteiger partial charge in [-0.1, -0.05) is 38.1 Å². The molecular weight excluding hydrogens is 488 g/mol. The van der Waals surface area contributed by atoms with E-state index in [0.717, 1.165) is 73.5 Å². The van der Waals surface area contributed by atoms with Crippen molar-refractivity contribution in [2.45, 2.75) is 45.6 Å². The number of aromatic nitrogens is 3. The van der Waals surface area contributed by atoms with E-state index < -0.39 is 0 Å². The Kier molecular flexibility index (Phi) is 6.77. The van der Waals surface area contributed by atoms with Crippen molar-refractivity contribution in [3.05, 3.63) is 72.1 Å². The van der Waals surface area contributed by atoms with Gasteiger partial charge in [0, 0.05) is 54.1 Å². The molecule has 8 nitrogen and oxygen atoms in total. The van der Waals surface area contributed by atoms with Crippen molar-refractivity contribution in [3.63, 3.8) is 0 Å². The van der Waals surface area contributed by atoms with Gasteiger partial charge in [0.25, 0.3) is 11.8 Å². The van der Waals surface area contributed by atoms with Crippen LogP contribution in [0.3, 0.4) is 0 Å². The van der Waals surface area contributed by atoms with Crippen LogP contribution in [0.1, 0.15) is 60.2 Å². The SMILES string of the molecule is CC(C)CNc1nc(-c2ccc(C(=O)N3CCCC3)cc2)cn2c(-c3ccc(C(=O)NC4CC4)cc3)cnc12. The molecule has 3 heterocycles. The molecule has 6 rings (SSSR count). The lowest BCUT2D eigenvalue weighted by molar-refractivity contribution is 0.0792. The van der Waals surface area contributed by atoms with Crippen LogP contribution in [0.4, 0.5) is 5.82 Å². The smallest absolute Gasteiger partial charge is 0.253 e. The summed E-state index contributed by atoms with van der Waals surface area (Å²) in [6, 6.07) is 15.7. The monoisotopic (exact) mass is 522 g/mol. The number of hydrogen-bond acceptors (Lipinski definition) is 5. The Morgan fingerprint density at radius 3 is 2.28 bits per heavy atom. The number of benzene rings is 2. The van der Waals surface area contributed by atoms with Crippen LogP contribution in [0, 0.1) is 5.92 Å². The maximum Gasteiger partial charge on any atom is 0.253 e. The van der Waals surface area contributed by atoms with Crippen molar-refractivity contribution >= 4 is 23.3 Å². The Labute approximate surface area is 228 Å². The van der Waals surface area contributed by atoms with Crippen molar-refractivity contribution in [1.82, 2.24) is 24.6 Å². The van der Waals surface area contributed by atoms with Gasteiger partial charge in [0.15, 0.2) is 11.5 Å². The van der Waals surface area contributed by atoms with E-state index in [0.29, 0.717) is 28.9 Å². The van der Waals surface area contributed by atoms with E-state index in [1.807, 2.05) is 70.2 Å². The first-order chi connectivity index (χ1) is 19.0. The molecule has 1 saturated carbocycles. The topological polar surface area (TPSA) is 91.6 Å². The third-order valence-electron chi connectivity index (χ3n) is 7.35. The fourth-order valence-corrected chi connectivity index (χ4v) is 4.94. The molecule has 1 saturated heterocycles. The van der Waals surface area contributed by atoms with Crippen LogP contribution in [-0.2, 0) is 0 Å². The van der Waals surface area contributed by atoms with Gasteiger partial charge in [0.1, 0.15) is 0 Å². The molecule has 39 heavy (non-hydrogen) atoms. The summed E-state index contributed by atoms with van der Waals surface area (Å²) in [4.78, 5) is 36.8. The second-order valence-electron chi connectivity index (χ2n) is 11.0. The summed E-state index contributed by atoms with van der Waals surface area (Å²) in [5.74, 6) is 1.22. The fraction of sp³-hybridized carbons (Fsp3) is 0.355. The van der Waals surface area contributed by atoms with Crippen LogP contribution in [0.5, 0.6) is 0 Å². The fourth-order valence-electron chi connectivity index (χ4n) is 4.94. The normalized spacial score (nSPS) is 15.2. The van der Waals surface area contributed by atoms with Crippen molar-refractivity contribution in [1.29, 1.82) is 0 Å². The number of hydrogen-bond donors (Lipinski definition) is 2. The highest BCUT2D eigenvalue weighted by atomic mass is 16.2. The zero-order chi connectivity index (χ0) is 26.9. The van der Waals surface area contributed by atoms with Gasteiger partial charge in [0.05, 0.1) is 17.6 Å². The Morgan fingerprint density at radius 1 is 0.949 bits per heavy atom. The second-order valence-corrected chi connectivity index (χ2v) is 11.0. The number of carbonyl (C=O) groups excluding carboxylic acids is 2. The highest BCUT2D eigenvalue weighted by Crippen LogP contribution is 2.29. The van der Waals surface area contributed by atoms with Gasteiger partial charge < -0.3 is 15.5 Å². The lowest BCUT2D eigenvalue weighted by Crippen LogP contribution is -2.27. The quantitative estimate of drug-likeness (QED) is 0.329. The summed E-state index contributed by atoms with van der Waals surface area (Å²) in [5, 5.41) is 6.51. The number of fused-ring (bicyclic) bond motifs is 1. The number of anilines is 1. The molecule has 2 N–H and O–H groups in total. The Morgan fingerprint density at radius 2 is 1.62 bits per heavy atom. The van der Waals surface area contributed by atoms with Crippen LogP contribution in [0.25, 0.3) is 28.2 Å². The number of rotatable bonds is 8. The molecule has 1 aliphatic heterocycles. The lowest BCUT2D eigenvalue weighted by Gasteiger charge is -2.15. The Hall–Kier alpha value is -4.20. The van der Waals surface area contributed by atoms with Crippen LogP contribution in [-0.4, -0.2) is 56.8 Å². The minimum absolute atomic E-state index is 0.0273. The Bertz CT molecular complexity index is 1500. The number of nitrogens with zero attached hydrogens (tertiary/aromatic N) is 4. The zero-order valence-corrected chi connectivity index (χ0v) is 22.5. The van der Waals surface area contributed by atoms with E-state index in [2.05, 4.69) is 24.5 Å². The highest BCUT2D eigenvalue weighted by Gasteiger charge is 2.24. The molecule has 0 unspecified atom stereocenters. The highest BCUT2D eigenvalue weighted by molar-refractivity contribution is 5.95. The number of likely N-dealkylation sites (tertiary alicyclic amines) is 1. The molecular formula is C31H34N6O2. The molecule has 0 atom stereocenters. The summed E-state index contributed by atoms with van der Waals surface area (Å²) < 4.78 is 2.05. The first-order valence-electron chi connectivity index (χ1n) is 13.9. The molecule has 200 valence electrons. The summed E-state index contributed by atoms with van der Waals surface area (Å²) in [5.41, 5.74) is 5.69. The van der Waals surface area contributed by atoms with Gasteiger partial charge in [-0.15, -0.1) is 0 Å². The molecule has 2 aliphatic rings. The van der Waals surface area contributed by atoms with Crippen LogP contribution < -0.4 is 10.6 Å². The van der Waals surface area contributed by atoms with Crippen LogP contribution in [0.15, 0.2) is 60.9 Å². The molecule has 0 radical (unpaired) electrons. The predicted molar refractivity (Wildman–Crippen MR) is 153 cm³/mol. The van der Waals surface area contributed by atoms with E-state index in [1.165, 1.54) is 0 Å². The van der Waals surface area contributed by atoms with Gasteiger partial charge in [-0.3, -0.25) is 14.0 Å². The maximum absolute atomic E-state index is 12.8. The van der Waals surface area contributed by atoms with Gasteiger partial charge in [-0.2, -0.15) is 0 Å².